The second-order valence-electron chi connectivity index (χ2n) is 17.4. The number of aliphatic hydroxyl groups is 1. The van der Waals surface area contributed by atoms with Crippen LogP contribution < -0.4 is 0 Å². The van der Waals surface area contributed by atoms with Crippen molar-refractivity contribution in [2.75, 3.05) is 33.0 Å². The molecular formula is C49H67N3O12. The van der Waals surface area contributed by atoms with Gasteiger partial charge < -0.3 is 52.5 Å². The third kappa shape index (κ3) is 13.8. The van der Waals surface area contributed by atoms with Gasteiger partial charge in [0.25, 0.3) is 0 Å². The summed E-state index contributed by atoms with van der Waals surface area (Å²) in [6, 6.07) is 29.7. The lowest BCUT2D eigenvalue weighted by atomic mass is 9.83. The third-order valence-electron chi connectivity index (χ3n) is 12.8. The van der Waals surface area contributed by atoms with Crippen LogP contribution in [-0.2, 0) is 72.0 Å². The number of rotatable bonds is 22. The normalized spacial score (nSPS) is 33.0. The Hall–Kier alpha value is -3.96. The van der Waals surface area contributed by atoms with Gasteiger partial charge in [-0.1, -0.05) is 131 Å². The summed E-state index contributed by atoms with van der Waals surface area (Å²) in [7, 11) is 0. The van der Waals surface area contributed by atoms with Crippen LogP contribution in [0.3, 0.4) is 0 Å². The van der Waals surface area contributed by atoms with E-state index >= 15 is 0 Å². The first kappa shape index (κ1) is 49.5. The van der Waals surface area contributed by atoms with Crippen LogP contribution in [0.2, 0.25) is 0 Å². The second-order valence-corrected chi connectivity index (χ2v) is 17.4. The van der Waals surface area contributed by atoms with Crippen molar-refractivity contribution in [1.82, 2.24) is 0 Å². The summed E-state index contributed by atoms with van der Waals surface area (Å²) in [6.07, 6.45) is -6.67. The van der Waals surface area contributed by atoms with Crippen LogP contribution in [0.1, 0.15) is 64.7 Å². The van der Waals surface area contributed by atoms with E-state index in [4.69, 9.17) is 52.9 Å². The first-order valence-electron chi connectivity index (χ1n) is 22.6. The largest absolute Gasteiger partial charge is 0.457 e. The fraction of sp³-hybridized carbons (Fsp3) is 0.612. The fourth-order valence-electron chi connectivity index (χ4n) is 8.47. The minimum atomic E-state index is -0.940. The average molecular weight is 890 g/mol. The maximum absolute atomic E-state index is 12.3. The van der Waals surface area contributed by atoms with Crippen LogP contribution >= 0.6 is 0 Å². The molecule has 3 fully saturated rings. The van der Waals surface area contributed by atoms with E-state index in [1.54, 1.807) is 0 Å². The molecule has 0 bridgehead atoms. The number of hydrogen-bond donors (Lipinski definition) is 1. The van der Waals surface area contributed by atoms with Crippen LogP contribution in [0.5, 0.6) is 0 Å². The molecule has 0 aliphatic carbocycles. The molecule has 3 aliphatic heterocycles. The van der Waals surface area contributed by atoms with Gasteiger partial charge in [-0.3, -0.25) is 4.79 Å². The molecule has 0 saturated carbocycles. The Kier molecular flexibility index (Phi) is 19.4. The zero-order valence-corrected chi connectivity index (χ0v) is 38.0. The molecule has 15 atom stereocenters. The molecule has 350 valence electrons. The minimum absolute atomic E-state index is 0.0138. The van der Waals surface area contributed by atoms with E-state index in [-0.39, 0.29) is 68.7 Å². The number of carbonyl (C=O) groups is 1. The maximum atomic E-state index is 12.3. The summed E-state index contributed by atoms with van der Waals surface area (Å²) in [6.45, 7) is 13.6. The first-order chi connectivity index (χ1) is 31.0. The molecule has 1 N–H and O–H groups in total. The molecule has 0 aromatic heterocycles. The molecule has 3 aromatic rings. The Morgan fingerprint density at radius 1 is 0.609 bits per heavy atom. The summed E-state index contributed by atoms with van der Waals surface area (Å²) in [5.41, 5.74) is 11.9. The monoisotopic (exact) mass is 889 g/mol. The molecule has 3 aromatic carbocycles. The maximum Gasteiger partial charge on any atom is 0.303 e. The summed E-state index contributed by atoms with van der Waals surface area (Å²) >= 11 is 0. The Bertz CT molecular complexity index is 1860. The van der Waals surface area contributed by atoms with Crippen molar-refractivity contribution in [1.29, 1.82) is 0 Å². The molecular weight excluding hydrogens is 823 g/mol. The number of esters is 1. The van der Waals surface area contributed by atoms with Crippen molar-refractivity contribution >= 4 is 5.97 Å². The van der Waals surface area contributed by atoms with Crippen molar-refractivity contribution in [3.8, 4) is 0 Å². The predicted octanol–water partition coefficient (Wildman–Crippen LogP) is 7.77. The van der Waals surface area contributed by atoms with Gasteiger partial charge in [0.05, 0.1) is 64.1 Å². The summed E-state index contributed by atoms with van der Waals surface area (Å²) < 4.78 is 64.5. The van der Waals surface area contributed by atoms with Gasteiger partial charge in [0.15, 0.2) is 25.0 Å². The highest BCUT2D eigenvalue weighted by Gasteiger charge is 2.51. The van der Waals surface area contributed by atoms with Gasteiger partial charge in [-0.2, -0.15) is 0 Å². The van der Waals surface area contributed by atoms with E-state index in [1.165, 1.54) is 6.92 Å². The standard InChI is InChI=1S/C49H67N3O12/c1-31-33(3)45(60-36(6)53)48(61-40(31)28-55-25-37-17-10-7-11-18-37)59-30-42-43(54)32(2)34(4)47(63-42)64-44-35(5)41(29-56-26-38-19-12-8-13-20-38)62-49(57-24-16-23-51-52-50)46(44)58-27-39-21-14-9-15-22-39/h7-15,17-22,31-35,40-49,54H,16,23-30H2,1-6H3/t31-,32+,33-,34?,35-,40?,41?,42?,43-,44-,45?,46?,47-,48+,49+/m0/s1. The Morgan fingerprint density at radius 2 is 1.14 bits per heavy atom. The van der Waals surface area contributed by atoms with Crippen LogP contribution in [0.4, 0.5) is 0 Å². The highest BCUT2D eigenvalue weighted by Crippen LogP contribution is 2.39. The molecule has 6 unspecified atom stereocenters. The van der Waals surface area contributed by atoms with Crippen molar-refractivity contribution < 1.29 is 57.3 Å². The summed E-state index contributed by atoms with van der Waals surface area (Å²) in [5, 5.41) is 15.3. The second kappa shape index (κ2) is 25.1. The topological polar surface area (TPSA) is 178 Å². The van der Waals surface area contributed by atoms with Crippen LogP contribution in [0.25, 0.3) is 10.4 Å². The predicted molar refractivity (Wildman–Crippen MR) is 236 cm³/mol. The number of hydrogen-bond acceptors (Lipinski definition) is 13. The number of ether oxygens (including phenoxy) is 10. The van der Waals surface area contributed by atoms with Gasteiger partial charge in [0, 0.05) is 42.7 Å². The molecule has 0 spiro atoms. The summed E-state index contributed by atoms with van der Waals surface area (Å²) in [5.74, 6) is -1.36. The van der Waals surface area contributed by atoms with E-state index in [2.05, 4.69) is 16.9 Å². The lowest BCUT2D eigenvalue weighted by Crippen LogP contribution is -2.60. The zero-order valence-electron chi connectivity index (χ0n) is 38.0. The quantitative estimate of drug-likeness (QED) is 0.0341. The van der Waals surface area contributed by atoms with Gasteiger partial charge >= 0.3 is 5.97 Å². The molecule has 3 saturated heterocycles. The van der Waals surface area contributed by atoms with Gasteiger partial charge in [-0.25, -0.2) is 0 Å². The van der Waals surface area contributed by atoms with Crippen molar-refractivity contribution in [3.05, 3.63) is 118 Å². The van der Waals surface area contributed by atoms with Gasteiger partial charge in [-0.15, -0.1) is 0 Å². The highest BCUT2D eigenvalue weighted by molar-refractivity contribution is 5.66. The Labute approximate surface area is 377 Å². The number of azide groups is 1. The van der Waals surface area contributed by atoms with Gasteiger partial charge in [0.1, 0.15) is 12.2 Å². The molecule has 15 nitrogen and oxygen atoms in total. The number of aliphatic hydroxyl groups excluding tert-OH is 1. The number of benzene rings is 3. The van der Waals surface area contributed by atoms with Gasteiger partial charge in [-0.05, 0) is 40.5 Å². The third-order valence-corrected chi connectivity index (χ3v) is 12.8. The van der Waals surface area contributed by atoms with E-state index in [0.29, 0.717) is 26.2 Å². The van der Waals surface area contributed by atoms with E-state index in [9.17, 15) is 9.90 Å². The van der Waals surface area contributed by atoms with Crippen molar-refractivity contribution in [2.45, 2.75) is 129 Å². The Balaban J connectivity index is 1.19. The van der Waals surface area contributed by atoms with Crippen LogP contribution in [0, 0.1) is 29.6 Å². The molecule has 64 heavy (non-hydrogen) atoms. The van der Waals surface area contributed by atoms with Crippen LogP contribution in [-0.4, -0.2) is 106 Å². The average Bonchev–Trinajstić information content (AvgIpc) is 3.30. The highest BCUT2D eigenvalue weighted by atomic mass is 16.7. The molecule has 0 amide bonds. The summed E-state index contributed by atoms with van der Waals surface area (Å²) in [4.78, 5) is 15.2. The van der Waals surface area contributed by atoms with Crippen LogP contribution in [0.15, 0.2) is 96.1 Å². The number of nitrogens with zero attached hydrogens (tertiary/aromatic N) is 3. The Morgan fingerprint density at radius 3 is 1.70 bits per heavy atom. The lowest BCUT2D eigenvalue weighted by molar-refractivity contribution is -0.353. The molecule has 3 aliphatic rings. The number of carbonyl (C=O) groups excluding carboxylic acids is 1. The van der Waals surface area contributed by atoms with Gasteiger partial charge in [0.2, 0.25) is 0 Å². The first-order valence-corrected chi connectivity index (χ1v) is 22.6. The molecule has 3 heterocycles. The van der Waals surface area contributed by atoms with Crippen molar-refractivity contribution in [2.24, 2.45) is 34.7 Å². The molecule has 15 heteroatoms. The van der Waals surface area contributed by atoms with E-state index in [0.717, 1.165) is 16.7 Å². The lowest BCUT2D eigenvalue weighted by Gasteiger charge is -2.49. The molecule has 0 radical (unpaired) electrons. The fourth-order valence-corrected chi connectivity index (χ4v) is 8.47. The minimum Gasteiger partial charge on any atom is -0.457 e. The van der Waals surface area contributed by atoms with E-state index < -0.39 is 61.5 Å². The smallest absolute Gasteiger partial charge is 0.303 e. The zero-order chi connectivity index (χ0) is 45.4. The van der Waals surface area contributed by atoms with Crippen molar-refractivity contribution in [3.63, 3.8) is 0 Å². The van der Waals surface area contributed by atoms with E-state index in [1.807, 2.05) is 119 Å². The SMILES string of the molecule is CC(=O)OC1[C@H](OCC2O[C@@H](O[C@@H]3C(OCc4ccccc4)[C@H](OCCCN=[N+]=[N-])OC(COCc4ccccc4)[C@@H]3C)C(C)[C@@H](C)[C@@H]2O)OC(COCc2ccccc2)[C@@H](C)[C@@H]1C. The molecule has 6 rings (SSSR count).